The molecule has 0 bridgehead atoms. The highest BCUT2D eigenvalue weighted by Crippen LogP contribution is 2.16. The van der Waals surface area contributed by atoms with E-state index in [-0.39, 0.29) is 5.91 Å². The number of nitrogens with zero attached hydrogens (tertiary/aromatic N) is 3. The van der Waals surface area contributed by atoms with Crippen LogP contribution < -0.4 is 15.5 Å². The van der Waals surface area contributed by atoms with Gasteiger partial charge < -0.3 is 15.5 Å². The Morgan fingerprint density at radius 2 is 2.30 bits per heavy atom. The van der Waals surface area contributed by atoms with Gasteiger partial charge in [0.05, 0.1) is 0 Å². The molecule has 2 heterocycles. The van der Waals surface area contributed by atoms with Gasteiger partial charge in [-0.15, -0.1) is 10.2 Å². The summed E-state index contributed by atoms with van der Waals surface area (Å²) in [6.45, 7) is 6.30. The molecule has 0 aliphatic carbocycles. The summed E-state index contributed by atoms with van der Waals surface area (Å²) < 4.78 is 0. The van der Waals surface area contributed by atoms with E-state index in [1.54, 1.807) is 13.1 Å². The summed E-state index contributed by atoms with van der Waals surface area (Å²) in [6, 6.07) is 4.45. The van der Waals surface area contributed by atoms with Crippen molar-refractivity contribution in [2.75, 3.05) is 25.0 Å². The van der Waals surface area contributed by atoms with Gasteiger partial charge in [-0.25, -0.2) is 0 Å². The Kier molecular flexibility index (Phi) is 4.89. The first-order chi connectivity index (χ1) is 9.61. The van der Waals surface area contributed by atoms with Gasteiger partial charge in [-0.05, 0) is 45.4 Å². The first kappa shape index (κ1) is 14.7. The first-order valence-corrected chi connectivity index (χ1v) is 7.17. The SMILES string of the molecule is CNC(=O)c1ccc(N(CC2CCCN2)C(C)C)nn1. The monoisotopic (exact) mass is 277 g/mol. The van der Waals surface area contributed by atoms with Crippen LogP contribution in [-0.4, -0.2) is 48.3 Å². The molecule has 1 atom stereocenters. The third-order valence-corrected chi connectivity index (χ3v) is 3.61. The summed E-state index contributed by atoms with van der Waals surface area (Å²) in [5, 5.41) is 14.2. The quantitative estimate of drug-likeness (QED) is 0.833. The minimum Gasteiger partial charge on any atom is -0.354 e. The van der Waals surface area contributed by atoms with Crippen molar-refractivity contribution in [1.29, 1.82) is 0 Å². The van der Waals surface area contributed by atoms with Gasteiger partial charge in [-0.2, -0.15) is 0 Å². The minimum atomic E-state index is -0.211. The lowest BCUT2D eigenvalue weighted by Crippen LogP contribution is -2.42. The topological polar surface area (TPSA) is 70.2 Å². The molecule has 0 saturated carbocycles. The molecule has 0 aromatic carbocycles. The van der Waals surface area contributed by atoms with E-state index in [1.807, 2.05) is 6.07 Å². The molecular formula is C14H23N5O. The number of hydrogen-bond acceptors (Lipinski definition) is 5. The van der Waals surface area contributed by atoms with Crippen LogP contribution in [0.2, 0.25) is 0 Å². The number of carbonyl (C=O) groups is 1. The van der Waals surface area contributed by atoms with Crippen LogP contribution in [0.5, 0.6) is 0 Å². The van der Waals surface area contributed by atoms with Crippen molar-refractivity contribution < 1.29 is 4.79 Å². The lowest BCUT2D eigenvalue weighted by Gasteiger charge is -2.30. The number of rotatable bonds is 5. The molecule has 6 heteroatoms. The summed E-state index contributed by atoms with van der Waals surface area (Å²) in [5.41, 5.74) is 0.346. The van der Waals surface area contributed by atoms with Crippen LogP contribution in [0.3, 0.4) is 0 Å². The van der Waals surface area contributed by atoms with Crippen LogP contribution >= 0.6 is 0 Å². The van der Waals surface area contributed by atoms with Gasteiger partial charge in [-0.1, -0.05) is 0 Å². The summed E-state index contributed by atoms with van der Waals surface area (Å²) in [4.78, 5) is 13.7. The van der Waals surface area contributed by atoms with Gasteiger partial charge in [0.1, 0.15) is 0 Å². The van der Waals surface area contributed by atoms with E-state index in [0.717, 1.165) is 18.9 Å². The maximum Gasteiger partial charge on any atom is 0.271 e. The van der Waals surface area contributed by atoms with Crippen molar-refractivity contribution >= 4 is 11.7 Å². The van der Waals surface area contributed by atoms with Gasteiger partial charge in [0, 0.05) is 25.7 Å². The molecule has 2 rings (SSSR count). The number of anilines is 1. The van der Waals surface area contributed by atoms with Gasteiger partial charge in [0.25, 0.3) is 5.91 Å². The van der Waals surface area contributed by atoms with Crippen molar-refractivity contribution in [2.24, 2.45) is 0 Å². The highest BCUT2D eigenvalue weighted by Gasteiger charge is 2.21. The Labute approximate surface area is 120 Å². The zero-order valence-corrected chi connectivity index (χ0v) is 12.4. The summed E-state index contributed by atoms with van der Waals surface area (Å²) >= 11 is 0. The smallest absolute Gasteiger partial charge is 0.271 e. The second kappa shape index (κ2) is 6.65. The lowest BCUT2D eigenvalue weighted by molar-refractivity contribution is 0.0957. The third-order valence-electron chi connectivity index (χ3n) is 3.61. The fraction of sp³-hybridized carbons (Fsp3) is 0.643. The maximum atomic E-state index is 11.5. The molecule has 1 fully saturated rings. The molecule has 1 aliphatic rings. The summed E-state index contributed by atoms with van der Waals surface area (Å²) in [6.07, 6.45) is 2.44. The van der Waals surface area contributed by atoms with E-state index in [2.05, 4.69) is 39.6 Å². The van der Waals surface area contributed by atoms with Crippen molar-refractivity contribution in [1.82, 2.24) is 20.8 Å². The first-order valence-electron chi connectivity index (χ1n) is 7.17. The Bertz CT molecular complexity index is 439. The normalized spacial score (nSPS) is 18.3. The second-order valence-electron chi connectivity index (χ2n) is 5.40. The van der Waals surface area contributed by atoms with E-state index < -0.39 is 0 Å². The second-order valence-corrected chi connectivity index (χ2v) is 5.40. The molecule has 6 nitrogen and oxygen atoms in total. The summed E-state index contributed by atoms with van der Waals surface area (Å²) in [7, 11) is 1.59. The van der Waals surface area contributed by atoms with Crippen LogP contribution in [0.4, 0.5) is 5.82 Å². The van der Waals surface area contributed by atoms with Crippen LogP contribution in [-0.2, 0) is 0 Å². The fourth-order valence-electron chi connectivity index (χ4n) is 2.45. The molecule has 2 N–H and O–H groups in total. The molecule has 1 unspecified atom stereocenters. The van der Waals surface area contributed by atoms with Crippen LogP contribution in [0.1, 0.15) is 37.2 Å². The van der Waals surface area contributed by atoms with Crippen molar-refractivity contribution in [3.63, 3.8) is 0 Å². The van der Waals surface area contributed by atoms with Crippen molar-refractivity contribution in [2.45, 2.75) is 38.8 Å². The van der Waals surface area contributed by atoms with Crippen molar-refractivity contribution in [3.05, 3.63) is 17.8 Å². The molecule has 1 aliphatic heterocycles. The highest BCUT2D eigenvalue weighted by atomic mass is 16.1. The van der Waals surface area contributed by atoms with Crippen LogP contribution in [0, 0.1) is 0 Å². The number of hydrogen-bond donors (Lipinski definition) is 2. The van der Waals surface area contributed by atoms with Crippen LogP contribution in [0.25, 0.3) is 0 Å². The fourth-order valence-corrected chi connectivity index (χ4v) is 2.45. The maximum absolute atomic E-state index is 11.5. The van der Waals surface area contributed by atoms with E-state index in [9.17, 15) is 4.79 Å². The molecule has 20 heavy (non-hydrogen) atoms. The Morgan fingerprint density at radius 1 is 1.50 bits per heavy atom. The zero-order valence-electron chi connectivity index (χ0n) is 12.4. The van der Waals surface area contributed by atoms with Gasteiger partial charge >= 0.3 is 0 Å². The lowest BCUT2D eigenvalue weighted by atomic mass is 10.2. The van der Waals surface area contributed by atoms with E-state index in [1.165, 1.54) is 12.8 Å². The zero-order chi connectivity index (χ0) is 14.5. The van der Waals surface area contributed by atoms with Gasteiger partial charge in [0.2, 0.25) is 0 Å². The number of carbonyl (C=O) groups excluding carboxylic acids is 1. The van der Waals surface area contributed by atoms with E-state index in [0.29, 0.717) is 17.8 Å². The number of nitrogens with one attached hydrogen (secondary N) is 2. The Balaban J connectivity index is 2.10. The molecule has 110 valence electrons. The van der Waals surface area contributed by atoms with Gasteiger partial charge in [-0.3, -0.25) is 4.79 Å². The summed E-state index contributed by atoms with van der Waals surface area (Å²) in [5.74, 6) is 0.610. The number of aromatic nitrogens is 2. The predicted molar refractivity (Wildman–Crippen MR) is 78.9 cm³/mol. The molecule has 1 aromatic rings. The molecular weight excluding hydrogens is 254 g/mol. The highest BCUT2D eigenvalue weighted by molar-refractivity contribution is 5.91. The average molecular weight is 277 g/mol. The molecule has 0 spiro atoms. The molecule has 1 amide bonds. The third kappa shape index (κ3) is 3.45. The van der Waals surface area contributed by atoms with Crippen molar-refractivity contribution in [3.8, 4) is 0 Å². The van der Waals surface area contributed by atoms with Gasteiger partial charge in [0.15, 0.2) is 11.5 Å². The average Bonchev–Trinajstić information content (AvgIpc) is 2.97. The predicted octanol–water partition coefficient (Wildman–Crippen LogP) is 0.803. The van der Waals surface area contributed by atoms with E-state index in [4.69, 9.17) is 0 Å². The minimum absolute atomic E-state index is 0.211. The van der Waals surface area contributed by atoms with Crippen LogP contribution in [0.15, 0.2) is 12.1 Å². The largest absolute Gasteiger partial charge is 0.354 e. The van der Waals surface area contributed by atoms with E-state index >= 15 is 0 Å². The Morgan fingerprint density at radius 3 is 2.80 bits per heavy atom. The molecule has 0 radical (unpaired) electrons. The number of amides is 1. The molecule has 1 saturated heterocycles. The standard InChI is InChI=1S/C14H23N5O/c1-10(2)19(9-11-5-4-8-16-11)13-7-6-12(17-18-13)14(20)15-3/h6-7,10-11,16H,4-5,8-9H2,1-3H3,(H,15,20). The molecule has 1 aromatic heterocycles. The Hall–Kier alpha value is -1.69.